The van der Waals surface area contributed by atoms with Gasteiger partial charge in [0.05, 0.1) is 18.6 Å². The van der Waals surface area contributed by atoms with Gasteiger partial charge in [0.15, 0.2) is 0 Å². The van der Waals surface area contributed by atoms with Crippen LogP contribution in [0.3, 0.4) is 0 Å². The van der Waals surface area contributed by atoms with Gasteiger partial charge < -0.3 is 9.88 Å². The fourth-order valence-corrected chi connectivity index (χ4v) is 3.85. The summed E-state index contributed by atoms with van der Waals surface area (Å²) in [7, 11) is 0. The molecule has 0 fully saturated rings. The number of amides is 1. The Morgan fingerprint density at radius 2 is 1.74 bits per heavy atom. The maximum absolute atomic E-state index is 14.5. The molecular formula is C27H22FN5O. The number of aromatic nitrogens is 4. The summed E-state index contributed by atoms with van der Waals surface area (Å²) in [4.78, 5) is 16.9. The van der Waals surface area contributed by atoms with Crippen LogP contribution in [0.15, 0.2) is 104 Å². The van der Waals surface area contributed by atoms with Gasteiger partial charge in [-0.2, -0.15) is 5.10 Å². The van der Waals surface area contributed by atoms with Gasteiger partial charge >= 0.3 is 0 Å². The van der Waals surface area contributed by atoms with Crippen LogP contribution in [0.5, 0.6) is 0 Å². The molecule has 2 heterocycles. The molecule has 0 saturated heterocycles. The van der Waals surface area contributed by atoms with Gasteiger partial charge in [-0.05, 0) is 46.5 Å². The van der Waals surface area contributed by atoms with Crippen molar-refractivity contribution in [2.75, 3.05) is 0 Å². The van der Waals surface area contributed by atoms with Crippen molar-refractivity contribution in [2.45, 2.75) is 13.1 Å². The summed E-state index contributed by atoms with van der Waals surface area (Å²) < 4.78 is 18.0. The van der Waals surface area contributed by atoms with Crippen molar-refractivity contribution >= 4 is 5.91 Å². The van der Waals surface area contributed by atoms with Gasteiger partial charge in [-0.3, -0.25) is 9.48 Å². The van der Waals surface area contributed by atoms with E-state index in [9.17, 15) is 9.18 Å². The third-order valence-electron chi connectivity index (χ3n) is 5.59. The normalized spacial score (nSPS) is 10.9. The highest BCUT2D eigenvalue weighted by molar-refractivity contribution is 6.00. The van der Waals surface area contributed by atoms with E-state index >= 15 is 0 Å². The van der Waals surface area contributed by atoms with Crippen molar-refractivity contribution in [3.05, 3.63) is 126 Å². The van der Waals surface area contributed by atoms with E-state index in [1.165, 1.54) is 6.07 Å². The highest BCUT2D eigenvalue weighted by Gasteiger charge is 2.13. The predicted molar refractivity (Wildman–Crippen MR) is 128 cm³/mol. The molecule has 0 radical (unpaired) electrons. The lowest BCUT2D eigenvalue weighted by atomic mass is 9.98. The molecule has 6 nitrogen and oxygen atoms in total. The number of carbonyl (C=O) groups excluding carboxylic acids is 1. The zero-order chi connectivity index (χ0) is 23.3. The van der Waals surface area contributed by atoms with Crippen LogP contribution < -0.4 is 5.32 Å². The van der Waals surface area contributed by atoms with E-state index < -0.39 is 0 Å². The summed E-state index contributed by atoms with van der Waals surface area (Å²) in [5.74, 6) is -0.587. The van der Waals surface area contributed by atoms with E-state index in [4.69, 9.17) is 0 Å². The minimum absolute atomic E-state index is 0.213. The highest BCUT2D eigenvalue weighted by Crippen LogP contribution is 2.24. The van der Waals surface area contributed by atoms with Crippen molar-refractivity contribution in [3.63, 3.8) is 0 Å². The zero-order valence-electron chi connectivity index (χ0n) is 18.3. The molecule has 0 unspecified atom stereocenters. The molecule has 1 N–H and O–H groups in total. The Bertz CT molecular complexity index is 1390. The van der Waals surface area contributed by atoms with Gasteiger partial charge in [-0.1, -0.05) is 48.5 Å². The molecule has 0 atom stereocenters. The second kappa shape index (κ2) is 9.54. The summed E-state index contributed by atoms with van der Waals surface area (Å²) in [5.41, 5.74) is 4.57. The van der Waals surface area contributed by atoms with Crippen LogP contribution in [0.1, 0.15) is 21.5 Å². The van der Waals surface area contributed by atoms with Gasteiger partial charge in [-0.15, -0.1) is 0 Å². The average molecular weight is 452 g/mol. The fourth-order valence-electron chi connectivity index (χ4n) is 3.85. The van der Waals surface area contributed by atoms with Crippen LogP contribution in [0.25, 0.3) is 16.8 Å². The Balaban J connectivity index is 1.29. The molecule has 5 aromatic rings. The Kier molecular flexibility index (Phi) is 5.99. The number of benzene rings is 3. The van der Waals surface area contributed by atoms with Crippen LogP contribution in [-0.4, -0.2) is 25.2 Å². The first-order valence-corrected chi connectivity index (χ1v) is 10.9. The number of nitrogens with zero attached hydrogens (tertiary/aromatic N) is 4. The van der Waals surface area contributed by atoms with Gasteiger partial charge in [0.25, 0.3) is 5.91 Å². The van der Waals surface area contributed by atoms with Crippen LogP contribution in [0, 0.1) is 5.82 Å². The first-order valence-electron chi connectivity index (χ1n) is 10.9. The molecule has 0 aliphatic carbocycles. The molecule has 0 aliphatic rings. The standard InChI is InChI=1S/C27H22FN5O/c28-25-16-21(8-11-26(25)32-15-13-29-19-32)17-30-27(34)24-5-2-1-4-23(24)22-9-6-20(7-10-22)18-33-14-3-12-31-33/h1-16,19H,17-18H2,(H,30,34). The van der Waals surface area contributed by atoms with Crippen molar-refractivity contribution in [1.29, 1.82) is 0 Å². The summed E-state index contributed by atoms with van der Waals surface area (Å²) in [6.45, 7) is 0.905. The molecule has 0 spiro atoms. The molecule has 5 rings (SSSR count). The van der Waals surface area contributed by atoms with Crippen LogP contribution in [-0.2, 0) is 13.1 Å². The van der Waals surface area contributed by atoms with Gasteiger partial charge in [0.1, 0.15) is 5.82 Å². The summed E-state index contributed by atoms with van der Waals surface area (Å²) >= 11 is 0. The Morgan fingerprint density at radius 3 is 2.47 bits per heavy atom. The van der Waals surface area contributed by atoms with E-state index in [0.29, 0.717) is 23.4 Å². The Hall–Kier alpha value is -4.52. The molecular weight excluding hydrogens is 429 g/mol. The number of carbonyl (C=O) groups is 1. The maximum Gasteiger partial charge on any atom is 0.252 e. The first-order chi connectivity index (χ1) is 16.7. The monoisotopic (exact) mass is 451 g/mol. The second-order valence-electron chi connectivity index (χ2n) is 7.88. The second-order valence-corrected chi connectivity index (χ2v) is 7.88. The fraction of sp³-hybridized carbons (Fsp3) is 0.0741. The molecule has 34 heavy (non-hydrogen) atoms. The van der Waals surface area contributed by atoms with Crippen LogP contribution in [0.4, 0.5) is 4.39 Å². The lowest BCUT2D eigenvalue weighted by Crippen LogP contribution is -2.23. The van der Waals surface area contributed by atoms with E-state index in [1.807, 2.05) is 59.4 Å². The number of hydrogen-bond acceptors (Lipinski definition) is 3. The zero-order valence-corrected chi connectivity index (χ0v) is 18.3. The van der Waals surface area contributed by atoms with E-state index in [0.717, 1.165) is 16.7 Å². The number of hydrogen-bond donors (Lipinski definition) is 1. The molecule has 7 heteroatoms. The smallest absolute Gasteiger partial charge is 0.252 e. The summed E-state index contributed by atoms with van der Waals surface area (Å²) in [6, 6.07) is 22.4. The van der Waals surface area contributed by atoms with Gasteiger partial charge in [0.2, 0.25) is 0 Å². The third-order valence-corrected chi connectivity index (χ3v) is 5.59. The molecule has 2 aromatic heterocycles. The minimum Gasteiger partial charge on any atom is -0.348 e. The average Bonchev–Trinajstić information content (AvgIpc) is 3.58. The SMILES string of the molecule is O=C(NCc1ccc(-n2ccnc2)c(F)c1)c1ccccc1-c1ccc(Cn2cccn2)cc1. The lowest BCUT2D eigenvalue weighted by molar-refractivity contribution is 0.0951. The van der Waals surface area contributed by atoms with Crippen molar-refractivity contribution < 1.29 is 9.18 Å². The Labute approximate surface area is 196 Å². The highest BCUT2D eigenvalue weighted by atomic mass is 19.1. The van der Waals surface area contributed by atoms with Crippen LogP contribution >= 0.6 is 0 Å². The lowest BCUT2D eigenvalue weighted by Gasteiger charge is -2.12. The minimum atomic E-state index is -0.375. The summed E-state index contributed by atoms with van der Waals surface area (Å²) in [5, 5.41) is 7.15. The molecule has 0 bridgehead atoms. The molecule has 0 aliphatic heterocycles. The van der Waals surface area contributed by atoms with Gasteiger partial charge in [-0.25, -0.2) is 9.37 Å². The predicted octanol–water partition coefficient (Wildman–Crippen LogP) is 4.85. The first kappa shape index (κ1) is 21.3. The van der Waals surface area contributed by atoms with Crippen molar-refractivity contribution in [1.82, 2.24) is 24.6 Å². The number of imidazole rings is 1. The van der Waals surface area contributed by atoms with E-state index in [1.54, 1.807) is 47.7 Å². The largest absolute Gasteiger partial charge is 0.348 e. The van der Waals surface area contributed by atoms with E-state index in [2.05, 4.69) is 15.4 Å². The van der Waals surface area contributed by atoms with Crippen LogP contribution in [0.2, 0.25) is 0 Å². The molecule has 0 saturated carbocycles. The quantitative estimate of drug-likeness (QED) is 0.385. The topological polar surface area (TPSA) is 64.7 Å². The van der Waals surface area contributed by atoms with Crippen molar-refractivity contribution in [2.24, 2.45) is 0 Å². The molecule has 1 amide bonds. The number of rotatable bonds is 7. The number of halogens is 1. The maximum atomic E-state index is 14.5. The molecule has 168 valence electrons. The van der Waals surface area contributed by atoms with Crippen molar-refractivity contribution in [3.8, 4) is 16.8 Å². The molecule has 3 aromatic carbocycles. The van der Waals surface area contributed by atoms with E-state index in [-0.39, 0.29) is 18.3 Å². The number of nitrogens with one attached hydrogen (secondary N) is 1. The summed E-state index contributed by atoms with van der Waals surface area (Å²) in [6.07, 6.45) is 8.50. The third kappa shape index (κ3) is 4.63. The Morgan fingerprint density at radius 1 is 0.912 bits per heavy atom. The van der Waals surface area contributed by atoms with Gasteiger partial charge in [0, 0.05) is 36.9 Å².